The van der Waals surface area contributed by atoms with Crippen LogP contribution in [0.5, 0.6) is 0 Å². The van der Waals surface area contributed by atoms with Crippen molar-refractivity contribution in [2.75, 3.05) is 25.6 Å². The number of benzene rings is 1. The average Bonchev–Trinajstić information content (AvgIpc) is 2.66. The molecule has 138 valence electrons. The Balaban J connectivity index is 2.10. The molecule has 6 heteroatoms. The highest BCUT2D eigenvalue weighted by Gasteiger charge is 2.14. The fourth-order valence-corrected chi connectivity index (χ4v) is 2.60. The molecule has 0 aliphatic heterocycles. The van der Waals surface area contributed by atoms with Crippen molar-refractivity contribution in [1.29, 1.82) is 0 Å². The minimum Gasteiger partial charge on any atom is -0.385 e. The van der Waals surface area contributed by atoms with Gasteiger partial charge in [0.2, 0.25) is 0 Å². The van der Waals surface area contributed by atoms with E-state index in [0.717, 1.165) is 29.7 Å². The van der Waals surface area contributed by atoms with Crippen molar-refractivity contribution in [1.82, 2.24) is 10.3 Å². The van der Waals surface area contributed by atoms with Crippen LogP contribution in [0.4, 0.5) is 5.69 Å². The molecule has 0 saturated heterocycles. The molecule has 0 atom stereocenters. The number of carbonyl (C=O) groups excluding carboxylic acids is 2. The SMILES string of the molecule is CCc1cccc(C)c1NC(=O)c1cc(C(=O)NCCCOC)ccn1. The first-order chi connectivity index (χ1) is 12.6. The van der Waals surface area contributed by atoms with E-state index in [2.05, 4.69) is 15.6 Å². The number of pyridine rings is 1. The Kier molecular flexibility index (Phi) is 7.29. The summed E-state index contributed by atoms with van der Waals surface area (Å²) in [4.78, 5) is 28.9. The lowest BCUT2D eigenvalue weighted by molar-refractivity contribution is 0.0948. The number of aryl methyl sites for hydroxylation is 2. The van der Waals surface area contributed by atoms with Gasteiger partial charge in [-0.3, -0.25) is 14.6 Å². The number of amides is 2. The summed E-state index contributed by atoms with van der Waals surface area (Å²) in [5.41, 5.74) is 3.47. The molecule has 2 aromatic rings. The van der Waals surface area contributed by atoms with Crippen LogP contribution in [-0.4, -0.2) is 37.1 Å². The molecule has 0 bridgehead atoms. The van der Waals surface area contributed by atoms with Crippen LogP contribution in [-0.2, 0) is 11.2 Å². The monoisotopic (exact) mass is 355 g/mol. The smallest absolute Gasteiger partial charge is 0.274 e. The van der Waals surface area contributed by atoms with E-state index in [-0.39, 0.29) is 17.5 Å². The van der Waals surface area contributed by atoms with E-state index in [0.29, 0.717) is 18.7 Å². The summed E-state index contributed by atoms with van der Waals surface area (Å²) >= 11 is 0. The summed E-state index contributed by atoms with van der Waals surface area (Å²) in [7, 11) is 1.62. The molecule has 6 nitrogen and oxygen atoms in total. The molecule has 0 aliphatic rings. The zero-order valence-corrected chi connectivity index (χ0v) is 15.5. The summed E-state index contributed by atoms with van der Waals surface area (Å²) in [6.07, 6.45) is 3.01. The lowest BCUT2D eigenvalue weighted by Gasteiger charge is -2.13. The number of nitrogens with zero attached hydrogens (tertiary/aromatic N) is 1. The predicted molar refractivity (Wildman–Crippen MR) is 102 cm³/mol. The summed E-state index contributed by atoms with van der Waals surface area (Å²) in [5.74, 6) is -0.564. The average molecular weight is 355 g/mol. The lowest BCUT2D eigenvalue weighted by Crippen LogP contribution is -2.26. The van der Waals surface area contributed by atoms with Crippen LogP contribution in [0.2, 0.25) is 0 Å². The molecule has 0 saturated carbocycles. The highest BCUT2D eigenvalue weighted by molar-refractivity contribution is 6.05. The molecule has 2 amide bonds. The Hall–Kier alpha value is -2.73. The Morgan fingerprint density at radius 3 is 2.73 bits per heavy atom. The highest BCUT2D eigenvalue weighted by Crippen LogP contribution is 2.21. The number of aromatic nitrogens is 1. The quantitative estimate of drug-likeness (QED) is 0.714. The Morgan fingerprint density at radius 2 is 2.00 bits per heavy atom. The van der Waals surface area contributed by atoms with Gasteiger partial charge in [-0.1, -0.05) is 25.1 Å². The minimum atomic E-state index is -0.331. The van der Waals surface area contributed by atoms with Crippen LogP contribution >= 0.6 is 0 Å². The summed E-state index contributed by atoms with van der Waals surface area (Å²) in [5, 5.41) is 5.72. The molecular weight excluding hydrogens is 330 g/mol. The number of hydrogen-bond donors (Lipinski definition) is 2. The van der Waals surface area contributed by atoms with Crippen molar-refractivity contribution in [2.45, 2.75) is 26.7 Å². The third kappa shape index (κ3) is 5.13. The van der Waals surface area contributed by atoms with E-state index in [4.69, 9.17) is 4.74 Å². The maximum absolute atomic E-state index is 12.6. The van der Waals surface area contributed by atoms with Gasteiger partial charge in [-0.15, -0.1) is 0 Å². The standard InChI is InChI=1S/C20H25N3O3/c1-4-15-8-5-7-14(2)18(15)23-20(25)17-13-16(9-11-21-17)19(24)22-10-6-12-26-3/h5,7-9,11,13H,4,6,10,12H2,1-3H3,(H,22,24)(H,23,25). The molecule has 2 N–H and O–H groups in total. The van der Waals surface area contributed by atoms with E-state index in [1.54, 1.807) is 13.2 Å². The van der Waals surface area contributed by atoms with Gasteiger partial charge in [-0.05, 0) is 43.0 Å². The normalized spacial score (nSPS) is 10.4. The minimum absolute atomic E-state index is 0.208. The van der Waals surface area contributed by atoms with Gasteiger partial charge >= 0.3 is 0 Å². The van der Waals surface area contributed by atoms with Crippen LogP contribution in [0.15, 0.2) is 36.5 Å². The first-order valence-electron chi connectivity index (χ1n) is 8.69. The zero-order valence-electron chi connectivity index (χ0n) is 15.5. The van der Waals surface area contributed by atoms with Crippen molar-refractivity contribution in [3.8, 4) is 0 Å². The fraction of sp³-hybridized carbons (Fsp3) is 0.350. The molecule has 0 spiro atoms. The van der Waals surface area contributed by atoms with E-state index >= 15 is 0 Å². The summed E-state index contributed by atoms with van der Waals surface area (Å²) in [6, 6.07) is 9.00. The molecule has 0 fully saturated rings. The number of nitrogens with one attached hydrogen (secondary N) is 2. The van der Waals surface area contributed by atoms with Crippen LogP contribution < -0.4 is 10.6 Å². The Bertz CT molecular complexity index is 775. The van der Waals surface area contributed by atoms with Crippen molar-refractivity contribution in [3.05, 3.63) is 58.9 Å². The first-order valence-corrected chi connectivity index (χ1v) is 8.69. The van der Waals surface area contributed by atoms with Crippen molar-refractivity contribution >= 4 is 17.5 Å². The maximum Gasteiger partial charge on any atom is 0.274 e. The number of anilines is 1. The van der Waals surface area contributed by atoms with E-state index in [9.17, 15) is 9.59 Å². The molecule has 0 unspecified atom stereocenters. The number of rotatable bonds is 8. The van der Waals surface area contributed by atoms with Crippen LogP contribution in [0, 0.1) is 6.92 Å². The third-order valence-corrected chi connectivity index (χ3v) is 4.04. The molecule has 1 heterocycles. The van der Waals surface area contributed by atoms with Gasteiger partial charge in [-0.25, -0.2) is 0 Å². The van der Waals surface area contributed by atoms with Crippen LogP contribution in [0.3, 0.4) is 0 Å². The van der Waals surface area contributed by atoms with Crippen molar-refractivity contribution in [3.63, 3.8) is 0 Å². The van der Waals surface area contributed by atoms with Gasteiger partial charge in [0.15, 0.2) is 0 Å². The van der Waals surface area contributed by atoms with Crippen molar-refractivity contribution < 1.29 is 14.3 Å². The van der Waals surface area contributed by atoms with Gasteiger partial charge in [0.25, 0.3) is 11.8 Å². The fourth-order valence-electron chi connectivity index (χ4n) is 2.60. The number of ether oxygens (including phenoxy) is 1. The number of carbonyl (C=O) groups is 2. The van der Waals surface area contributed by atoms with Gasteiger partial charge in [0.1, 0.15) is 5.69 Å². The first kappa shape index (κ1) is 19.6. The topological polar surface area (TPSA) is 80.3 Å². The molecule has 0 radical (unpaired) electrons. The molecule has 0 aliphatic carbocycles. The molecule has 1 aromatic carbocycles. The maximum atomic E-state index is 12.6. The van der Waals surface area contributed by atoms with Gasteiger partial charge in [0, 0.05) is 37.7 Å². The summed E-state index contributed by atoms with van der Waals surface area (Å²) in [6.45, 7) is 5.09. The third-order valence-electron chi connectivity index (χ3n) is 4.04. The molecule has 26 heavy (non-hydrogen) atoms. The Labute approximate surface area is 154 Å². The summed E-state index contributed by atoms with van der Waals surface area (Å²) < 4.78 is 4.95. The molecule has 1 aromatic heterocycles. The number of methoxy groups -OCH3 is 1. The largest absolute Gasteiger partial charge is 0.385 e. The zero-order chi connectivity index (χ0) is 18.9. The molecular formula is C20H25N3O3. The van der Waals surface area contributed by atoms with E-state index in [1.807, 2.05) is 32.0 Å². The van der Waals surface area contributed by atoms with E-state index < -0.39 is 0 Å². The van der Waals surface area contributed by atoms with Crippen LogP contribution in [0.25, 0.3) is 0 Å². The van der Waals surface area contributed by atoms with Gasteiger partial charge < -0.3 is 15.4 Å². The second-order valence-electron chi connectivity index (χ2n) is 5.95. The van der Waals surface area contributed by atoms with E-state index in [1.165, 1.54) is 12.3 Å². The molecule has 2 rings (SSSR count). The highest BCUT2D eigenvalue weighted by atomic mass is 16.5. The lowest BCUT2D eigenvalue weighted by atomic mass is 10.1. The number of hydrogen-bond acceptors (Lipinski definition) is 4. The predicted octanol–water partition coefficient (Wildman–Crippen LogP) is 2.97. The second-order valence-corrected chi connectivity index (χ2v) is 5.95. The van der Waals surface area contributed by atoms with Gasteiger partial charge in [0.05, 0.1) is 0 Å². The van der Waals surface area contributed by atoms with Crippen molar-refractivity contribution in [2.24, 2.45) is 0 Å². The Morgan fingerprint density at radius 1 is 1.19 bits per heavy atom. The van der Waals surface area contributed by atoms with Gasteiger partial charge in [-0.2, -0.15) is 0 Å². The number of para-hydroxylation sites is 1. The second kappa shape index (κ2) is 9.68. The van der Waals surface area contributed by atoms with Crippen LogP contribution in [0.1, 0.15) is 45.3 Å².